The van der Waals surface area contributed by atoms with Crippen LogP contribution in [0.1, 0.15) is 45.5 Å². The summed E-state index contributed by atoms with van der Waals surface area (Å²) in [5.74, 6) is 1.39. The van der Waals surface area contributed by atoms with E-state index in [1.54, 1.807) is 18.5 Å². The van der Waals surface area contributed by atoms with Crippen LogP contribution in [0.4, 0.5) is 5.82 Å². The number of nitrogens with one attached hydrogen (secondary N) is 1. The molecule has 176 valence electrons. The van der Waals surface area contributed by atoms with Gasteiger partial charge in [-0.3, -0.25) is 4.79 Å². The van der Waals surface area contributed by atoms with E-state index < -0.39 is 9.84 Å². The Morgan fingerprint density at radius 2 is 1.94 bits per heavy atom. The number of carbonyl (C=O) groups is 1. The second kappa shape index (κ2) is 8.40. The third-order valence-electron chi connectivity index (χ3n) is 5.72. The highest BCUT2D eigenvalue weighted by Crippen LogP contribution is 2.30. The molecule has 4 rings (SSSR count). The van der Waals surface area contributed by atoms with Gasteiger partial charge in [-0.05, 0) is 18.1 Å². The molecule has 9 nitrogen and oxygen atoms in total. The molecule has 0 radical (unpaired) electrons. The first-order chi connectivity index (χ1) is 15.4. The third kappa shape index (κ3) is 4.85. The number of amides is 1. The Labute approximate surface area is 194 Å². The Bertz CT molecular complexity index is 1310. The zero-order valence-electron chi connectivity index (χ0n) is 19.7. The molecule has 0 aliphatic carbocycles. The Hall–Kier alpha value is -3.01. The molecule has 2 aromatic heterocycles. The highest BCUT2D eigenvalue weighted by Gasteiger charge is 2.29. The minimum Gasteiger partial charge on any atom is -0.353 e. The first-order valence-corrected chi connectivity index (χ1v) is 12.9. The summed E-state index contributed by atoms with van der Waals surface area (Å²) >= 11 is 0. The van der Waals surface area contributed by atoms with Gasteiger partial charge < -0.3 is 14.8 Å². The van der Waals surface area contributed by atoms with Gasteiger partial charge in [-0.15, -0.1) is 0 Å². The van der Waals surface area contributed by atoms with Gasteiger partial charge in [-0.1, -0.05) is 39.0 Å². The normalized spacial score (nSPS) is 17.0. The number of nitrogens with zero attached hydrogens (tertiary/aromatic N) is 5. The highest BCUT2D eigenvalue weighted by atomic mass is 32.2. The van der Waals surface area contributed by atoms with Gasteiger partial charge in [-0.25, -0.2) is 23.4 Å². The van der Waals surface area contributed by atoms with Gasteiger partial charge in [0.25, 0.3) is 0 Å². The fraction of sp³-hybridized carbons (Fsp3) is 0.478. The van der Waals surface area contributed by atoms with Gasteiger partial charge in [0.1, 0.15) is 5.82 Å². The Balaban J connectivity index is 1.79. The smallest absolute Gasteiger partial charge is 0.217 e. The van der Waals surface area contributed by atoms with E-state index in [-0.39, 0.29) is 17.4 Å². The number of imidazole rings is 1. The van der Waals surface area contributed by atoms with Crippen molar-refractivity contribution in [3.05, 3.63) is 42.0 Å². The summed E-state index contributed by atoms with van der Waals surface area (Å²) in [6.07, 6.45) is 3.74. The van der Waals surface area contributed by atoms with Crippen LogP contribution < -0.4 is 10.2 Å². The Morgan fingerprint density at radius 1 is 1.21 bits per heavy atom. The molecule has 3 aromatic rings. The summed E-state index contributed by atoms with van der Waals surface area (Å²) in [6.45, 7) is 9.43. The Morgan fingerprint density at radius 3 is 2.61 bits per heavy atom. The molecule has 0 spiro atoms. The van der Waals surface area contributed by atoms with E-state index >= 15 is 0 Å². The number of sulfone groups is 1. The van der Waals surface area contributed by atoms with Gasteiger partial charge in [0, 0.05) is 37.7 Å². The van der Waals surface area contributed by atoms with Crippen molar-refractivity contribution in [1.29, 1.82) is 0 Å². The van der Waals surface area contributed by atoms with Crippen molar-refractivity contribution in [2.45, 2.75) is 57.0 Å². The highest BCUT2D eigenvalue weighted by molar-refractivity contribution is 7.90. The Kier molecular flexibility index (Phi) is 5.90. The molecule has 10 heteroatoms. The van der Waals surface area contributed by atoms with Crippen LogP contribution in [0.25, 0.3) is 11.2 Å². The first-order valence-electron chi connectivity index (χ1n) is 11.0. The quantitative estimate of drug-likeness (QED) is 0.609. The van der Waals surface area contributed by atoms with Crippen LogP contribution in [0.3, 0.4) is 0 Å². The molecule has 1 saturated heterocycles. The van der Waals surface area contributed by atoms with E-state index in [1.165, 1.54) is 13.2 Å². The molecule has 1 fully saturated rings. The molecule has 1 aromatic carbocycles. The van der Waals surface area contributed by atoms with Crippen molar-refractivity contribution in [3.8, 4) is 0 Å². The predicted molar refractivity (Wildman–Crippen MR) is 127 cm³/mol. The SMILES string of the molecule is CC(=O)N[C@H]1CCN(c2nc(C(C)(C)C)nc3c2ncn3Cc2ccccc2S(C)(=O)=O)C1. The average Bonchev–Trinajstić information content (AvgIpc) is 3.33. The lowest BCUT2D eigenvalue weighted by Gasteiger charge is -2.22. The molecule has 1 N–H and O–H groups in total. The second-order valence-corrected chi connectivity index (χ2v) is 11.7. The maximum Gasteiger partial charge on any atom is 0.217 e. The lowest BCUT2D eigenvalue weighted by Crippen LogP contribution is -2.36. The van der Waals surface area contributed by atoms with Gasteiger partial charge in [0.15, 0.2) is 26.8 Å². The monoisotopic (exact) mass is 470 g/mol. The van der Waals surface area contributed by atoms with Gasteiger partial charge in [-0.2, -0.15) is 0 Å². The van der Waals surface area contributed by atoms with Crippen molar-refractivity contribution < 1.29 is 13.2 Å². The molecule has 33 heavy (non-hydrogen) atoms. The van der Waals surface area contributed by atoms with Crippen molar-refractivity contribution in [2.24, 2.45) is 0 Å². The number of hydrogen-bond acceptors (Lipinski definition) is 7. The maximum atomic E-state index is 12.3. The molecular weight excluding hydrogens is 440 g/mol. The molecule has 1 atom stereocenters. The van der Waals surface area contributed by atoms with Crippen LogP contribution >= 0.6 is 0 Å². The van der Waals surface area contributed by atoms with E-state index in [0.717, 1.165) is 18.8 Å². The number of rotatable bonds is 5. The number of hydrogen-bond donors (Lipinski definition) is 1. The minimum atomic E-state index is -3.37. The number of anilines is 1. The summed E-state index contributed by atoms with van der Waals surface area (Å²) in [7, 11) is -3.37. The molecule has 3 heterocycles. The molecule has 0 bridgehead atoms. The summed E-state index contributed by atoms with van der Waals surface area (Å²) < 4.78 is 26.4. The fourth-order valence-corrected chi connectivity index (χ4v) is 5.07. The van der Waals surface area contributed by atoms with Crippen molar-refractivity contribution in [2.75, 3.05) is 24.2 Å². The van der Waals surface area contributed by atoms with Crippen LogP contribution in [-0.2, 0) is 26.6 Å². The third-order valence-corrected chi connectivity index (χ3v) is 6.92. The number of aromatic nitrogens is 4. The van der Waals surface area contributed by atoms with E-state index in [2.05, 4.69) is 36.0 Å². The van der Waals surface area contributed by atoms with Crippen LogP contribution in [0.2, 0.25) is 0 Å². The average molecular weight is 471 g/mol. The minimum absolute atomic E-state index is 0.0427. The van der Waals surface area contributed by atoms with Crippen molar-refractivity contribution in [3.63, 3.8) is 0 Å². The number of fused-ring (bicyclic) bond motifs is 1. The number of benzene rings is 1. The zero-order chi connectivity index (χ0) is 24.0. The standard InChI is InChI=1S/C23H30N6O3S/c1-15(30)25-17-10-11-28(13-17)20-19-21(27-22(26-20)23(2,3)4)29(14-24-19)12-16-8-6-7-9-18(16)33(5,31)32/h6-9,14,17H,10-13H2,1-5H3,(H,25,30)/t17-/m0/s1. The lowest BCUT2D eigenvalue weighted by molar-refractivity contribution is -0.119. The largest absolute Gasteiger partial charge is 0.353 e. The van der Waals surface area contributed by atoms with Crippen molar-refractivity contribution >= 4 is 32.7 Å². The summed E-state index contributed by atoms with van der Waals surface area (Å²) in [5, 5.41) is 2.99. The molecule has 1 aliphatic rings. The van der Waals surface area contributed by atoms with Crippen LogP contribution in [0, 0.1) is 0 Å². The van der Waals surface area contributed by atoms with Crippen LogP contribution in [-0.4, -0.2) is 59.2 Å². The van der Waals surface area contributed by atoms with Gasteiger partial charge in [0.2, 0.25) is 5.91 Å². The zero-order valence-corrected chi connectivity index (χ0v) is 20.5. The van der Waals surface area contributed by atoms with Gasteiger partial charge in [0.05, 0.1) is 17.8 Å². The fourth-order valence-electron chi connectivity index (χ4n) is 4.14. The topological polar surface area (TPSA) is 110 Å². The van der Waals surface area contributed by atoms with E-state index in [4.69, 9.17) is 9.97 Å². The van der Waals surface area contributed by atoms with E-state index in [1.807, 2.05) is 16.7 Å². The summed E-state index contributed by atoms with van der Waals surface area (Å²) in [6, 6.07) is 7.05. The molecule has 0 unspecified atom stereocenters. The van der Waals surface area contributed by atoms with Gasteiger partial charge >= 0.3 is 0 Å². The second-order valence-electron chi connectivity index (χ2n) is 9.68. The summed E-state index contributed by atoms with van der Waals surface area (Å²) in [5.41, 5.74) is 1.72. The van der Waals surface area contributed by atoms with E-state index in [9.17, 15) is 13.2 Å². The predicted octanol–water partition coefficient (Wildman–Crippen LogP) is 2.29. The molecule has 0 saturated carbocycles. The molecule has 1 amide bonds. The van der Waals surface area contributed by atoms with Crippen LogP contribution in [0.15, 0.2) is 35.5 Å². The van der Waals surface area contributed by atoms with Crippen LogP contribution in [0.5, 0.6) is 0 Å². The van der Waals surface area contributed by atoms with Crippen molar-refractivity contribution in [1.82, 2.24) is 24.8 Å². The maximum absolute atomic E-state index is 12.3. The lowest BCUT2D eigenvalue weighted by atomic mass is 9.96. The molecular formula is C23H30N6O3S. The number of carbonyl (C=O) groups excluding carboxylic acids is 1. The summed E-state index contributed by atoms with van der Waals surface area (Å²) in [4.78, 5) is 28.3. The molecule has 1 aliphatic heterocycles. The first kappa shape index (κ1) is 23.2. The van der Waals surface area contributed by atoms with E-state index in [0.29, 0.717) is 40.5 Å².